The zero-order valence-electron chi connectivity index (χ0n) is 12.0. The highest BCUT2D eigenvalue weighted by Crippen LogP contribution is 2.34. The molecule has 7 N–H and O–H groups in total. The number of imidazole rings is 1. The molecule has 1 unspecified atom stereocenters. The second kappa shape index (κ2) is 6.31. The fourth-order valence-corrected chi connectivity index (χ4v) is 2.55. The molecule has 1 aliphatic rings. The Hall–Kier alpha value is -1.70. The third kappa shape index (κ3) is 3.11. The van der Waals surface area contributed by atoms with Gasteiger partial charge in [0.2, 0.25) is 0 Å². The molecule has 0 aromatic carbocycles. The number of hydrogen-bond acceptors (Lipinski definition) is 10. The van der Waals surface area contributed by atoms with Gasteiger partial charge >= 0.3 is 7.75 Å². The van der Waals surface area contributed by atoms with Crippen LogP contribution >= 0.6 is 7.75 Å². The van der Waals surface area contributed by atoms with E-state index in [0.717, 1.165) is 6.33 Å². The van der Waals surface area contributed by atoms with Crippen molar-refractivity contribution in [3.8, 4) is 0 Å². The number of aromatic nitrogens is 4. The highest BCUT2D eigenvalue weighted by atomic mass is 31.2. The number of anilines is 1. The Morgan fingerprint density at radius 2 is 2.12 bits per heavy atom. The standard InChI is InChI=1S/C10H15N6O7P/c11-24(20,21)23-15-8-5-9(13-2-12-8)16(3-14-5)10-7(19)6(18)4(1-17)22-10/h2-4,6-7,10,17-19H,1H2,(H3,11,20,21)(H,12,13,15)/t4-,6-,7-,10-/m1/s1. The molecule has 2 aromatic rings. The number of aliphatic hydroxyl groups is 3. The van der Waals surface area contributed by atoms with Crippen LogP contribution in [0.2, 0.25) is 0 Å². The lowest BCUT2D eigenvalue weighted by molar-refractivity contribution is -0.0511. The summed E-state index contributed by atoms with van der Waals surface area (Å²) in [6.07, 6.45) is -2.20. The first-order valence-corrected chi connectivity index (χ1v) is 8.32. The summed E-state index contributed by atoms with van der Waals surface area (Å²) in [7, 11) is -4.29. The molecule has 24 heavy (non-hydrogen) atoms. The van der Waals surface area contributed by atoms with Crippen LogP contribution in [0.3, 0.4) is 0 Å². The fraction of sp³-hybridized carbons (Fsp3) is 0.500. The molecule has 1 aliphatic heterocycles. The van der Waals surface area contributed by atoms with Crippen molar-refractivity contribution in [1.29, 1.82) is 0 Å². The minimum absolute atomic E-state index is 0.0368. The number of hydrogen-bond donors (Lipinski definition) is 6. The molecular formula is C10H15N6O7P. The predicted octanol–water partition coefficient (Wildman–Crippen LogP) is -2.16. The molecule has 1 saturated heterocycles. The molecule has 13 nitrogen and oxygen atoms in total. The van der Waals surface area contributed by atoms with E-state index in [2.05, 4.69) is 25.1 Å². The second-order valence-corrected chi connectivity index (χ2v) is 6.34. The lowest BCUT2D eigenvalue weighted by Gasteiger charge is -2.16. The molecule has 0 bridgehead atoms. The topological polar surface area (TPSA) is 198 Å². The smallest absolute Gasteiger partial charge is 0.394 e. The van der Waals surface area contributed by atoms with Gasteiger partial charge in [-0.05, 0) is 0 Å². The SMILES string of the molecule is NP(=O)(O)ONc1ncnc2c1ncn2[C@@H]1O[C@H](CO)[C@@H](O)[C@H]1O. The third-order valence-electron chi connectivity index (χ3n) is 3.42. The van der Waals surface area contributed by atoms with Crippen molar-refractivity contribution in [2.75, 3.05) is 12.1 Å². The largest absolute Gasteiger partial charge is 0.421 e. The number of rotatable bonds is 5. The average molecular weight is 362 g/mol. The van der Waals surface area contributed by atoms with Gasteiger partial charge in [-0.1, -0.05) is 0 Å². The van der Waals surface area contributed by atoms with E-state index in [4.69, 9.17) is 20.2 Å². The molecule has 2 aromatic heterocycles. The van der Waals surface area contributed by atoms with E-state index in [9.17, 15) is 14.8 Å². The Morgan fingerprint density at radius 3 is 2.75 bits per heavy atom. The van der Waals surface area contributed by atoms with Gasteiger partial charge in [0, 0.05) is 0 Å². The minimum Gasteiger partial charge on any atom is -0.394 e. The van der Waals surface area contributed by atoms with Crippen molar-refractivity contribution in [1.82, 2.24) is 19.5 Å². The quantitative estimate of drug-likeness (QED) is 0.249. The molecule has 3 heterocycles. The Kier molecular flexibility index (Phi) is 4.50. The maximum Gasteiger partial charge on any atom is 0.421 e. The summed E-state index contributed by atoms with van der Waals surface area (Å²) in [5.74, 6) is -0.0368. The summed E-state index contributed by atoms with van der Waals surface area (Å²) >= 11 is 0. The molecule has 0 radical (unpaired) electrons. The third-order valence-corrected chi connectivity index (χ3v) is 3.78. The van der Waals surface area contributed by atoms with Crippen LogP contribution in [-0.2, 0) is 13.9 Å². The minimum atomic E-state index is -4.29. The molecule has 1 fully saturated rings. The average Bonchev–Trinajstić information content (AvgIpc) is 3.07. The van der Waals surface area contributed by atoms with E-state index in [-0.39, 0.29) is 17.0 Å². The highest BCUT2D eigenvalue weighted by Gasteiger charge is 2.44. The molecule has 14 heteroatoms. The van der Waals surface area contributed by atoms with Crippen LogP contribution in [0.25, 0.3) is 11.2 Å². The van der Waals surface area contributed by atoms with Crippen molar-refractivity contribution < 1.29 is 34.1 Å². The van der Waals surface area contributed by atoms with Crippen molar-refractivity contribution in [2.45, 2.75) is 24.5 Å². The van der Waals surface area contributed by atoms with Gasteiger partial charge in [-0.2, -0.15) is 4.62 Å². The number of ether oxygens (including phenoxy) is 1. The Morgan fingerprint density at radius 1 is 1.38 bits per heavy atom. The fourth-order valence-electron chi connectivity index (χ4n) is 2.33. The summed E-state index contributed by atoms with van der Waals surface area (Å²) in [5.41, 5.74) is 7.30. The van der Waals surface area contributed by atoms with E-state index in [1.165, 1.54) is 10.9 Å². The van der Waals surface area contributed by atoms with Gasteiger partial charge in [0.05, 0.1) is 12.9 Å². The maximum atomic E-state index is 11.0. The highest BCUT2D eigenvalue weighted by molar-refractivity contribution is 7.50. The number of nitrogens with one attached hydrogen (secondary N) is 1. The summed E-state index contributed by atoms with van der Waals surface area (Å²) in [6, 6.07) is 0. The van der Waals surface area contributed by atoms with Crippen LogP contribution < -0.4 is 11.0 Å². The van der Waals surface area contributed by atoms with Crippen molar-refractivity contribution in [2.24, 2.45) is 5.50 Å². The van der Waals surface area contributed by atoms with E-state index < -0.39 is 38.9 Å². The first-order valence-electron chi connectivity index (χ1n) is 6.68. The number of nitrogens with zero attached hydrogens (tertiary/aromatic N) is 4. The van der Waals surface area contributed by atoms with Crippen LogP contribution in [0.15, 0.2) is 12.7 Å². The van der Waals surface area contributed by atoms with E-state index >= 15 is 0 Å². The molecular weight excluding hydrogens is 347 g/mol. The maximum absolute atomic E-state index is 11.0. The number of fused-ring (bicyclic) bond motifs is 1. The van der Waals surface area contributed by atoms with Crippen LogP contribution in [0, 0.1) is 0 Å². The zero-order valence-corrected chi connectivity index (χ0v) is 12.9. The summed E-state index contributed by atoms with van der Waals surface area (Å²) in [5, 5.41) is 29.0. The zero-order chi connectivity index (χ0) is 17.5. The van der Waals surface area contributed by atoms with Gasteiger partial charge in [0.1, 0.15) is 24.6 Å². The molecule has 5 atom stereocenters. The first-order chi connectivity index (χ1) is 11.3. The van der Waals surface area contributed by atoms with Gasteiger partial charge in [-0.3, -0.25) is 4.57 Å². The van der Waals surface area contributed by atoms with E-state index in [1.807, 2.05) is 0 Å². The van der Waals surface area contributed by atoms with Crippen molar-refractivity contribution in [3.05, 3.63) is 12.7 Å². The van der Waals surface area contributed by atoms with Crippen molar-refractivity contribution >= 4 is 24.7 Å². The van der Waals surface area contributed by atoms with Gasteiger partial charge < -0.3 is 24.9 Å². The van der Waals surface area contributed by atoms with Crippen LogP contribution in [0.4, 0.5) is 5.82 Å². The molecule has 0 spiro atoms. The lowest BCUT2D eigenvalue weighted by Crippen LogP contribution is -2.33. The Balaban J connectivity index is 1.93. The van der Waals surface area contributed by atoms with Crippen molar-refractivity contribution in [3.63, 3.8) is 0 Å². The summed E-state index contributed by atoms with van der Waals surface area (Å²) in [4.78, 5) is 20.8. The van der Waals surface area contributed by atoms with E-state index in [1.54, 1.807) is 0 Å². The Labute approximate surface area is 134 Å². The number of nitrogens with two attached hydrogens (primary N) is 1. The predicted molar refractivity (Wildman–Crippen MR) is 77.1 cm³/mol. The van der Waals surface area contributed by atoms with Gasteiger partial charge in [0.15, 0.2) is 23.2 Å². The monoisotopic (exact) mass is 362 g/mol. The molecule has 0 saturated carbocycles. The summed E-state index contributed by atoms with van der Waals surface area (Å²) < 4.78 is 22.1. The number of aliphatic hydroxyl groups excluding tert-OH is 3. The van der Waals surface area contributed by atoms with Crippen LogP contribution in [0.1, 0.15) is 6.23 Å². The second-order valence-electron chi connectivity index (χ2n) is 5.03. The Bertz CT molecular complexity index is 780. The van der Waals surface area contributed by atoms with Gasteiger partial charge in [0.25, 0.3) is 0 Å². The van der Waals surface area contributed by atoms with E-state index in [0.29, 0.717) is 0 Å². The normalized spacial score (nSPS) is 29.7. The van der Waals surface area contributed by atoms with Gasteiger partial charge in [-0.25, -0.2) is 30.5 Å². The van der Waals surface area contributed by atoms with Gasteiger partial charge in [-0.15, -0.1) is 0 Å². The molecule has 0 amide bonds. The molecule has 3 rings (SSSR count). The van der Waals surface area contributed by atoms with Crippen LogP contribution in [0.5, 0.6) is 0 Å². The first kappa shape index (κ1) is 17.1. The molecule has 0 aliphatic carbocycles. The molecule has 132 valence electrons. The van der Waals surface area contributed by atoms with Crippen LogP contribution in [-0.4, -0.2) is 64.7 Å². The summed E-state index contributed by atoms with van der Waals surface area (Å²) in [6.45, 7) is -0.473. The lowest BCUT2D eigenvalue weighted by atomic mass is 10.1.